The maximum absolute atomic E-state index is 14.6. The standard InChI is InChI=1S/C19H19F2NO/c20-16(12-17(21)19(23)14-7-2-1-3-8-14)18-15-9-5-4-6-13(15)10-11-22-18/h1-9,16-18,22H,10-12H2. The summed E-state index contributed by atoms with van der Waals surface area (Å²) in [7, 11) is 0. The molecule has 3 atom stereocenters. The molecule has 0 amide bonds. The molecular weight excluding hydrogens is 296 g/mol. The zero-order chi connectivity index (χ0) is 16.2. The Morgan fingerprint density at radius 1 is 1.09 bits per heavy atom. The van der Waals surface area contributed by atoms with E-state index in [9.17, 15) is 13.6 Å². The number of alkyl halides is 2. The van der Waals surface area contributed by atoms with Gasteiger partial charge in [-0.05, 0) is 24.1 Å². The molecule has 2 nitrogen and oxygen atoms in total. The summed E-state index contributed by atoms with van der Waals surface area (Å²) in [6, 6.07) is 15.3. The lowest BCUT2D eigenvalue weighted by atomic mass is 9.89. The number of Topliss-reactive ketones (excluding diaryl/α,β-unsaturated/α-hetero) is 1. The molecule has 0 spiro atoms. The quantitative estimate of drug-likeness (QED) is 0.850. The Morgan fingerprint density at radius 3 is 2.57 bits per heavy atom. The minimum absolute atomic E-state index is 0.282. The van der Waals surface area contributed by atoms with Crippen LogP contribution in [0.1, 0.15) is 33.9 Å². The smallest absolute Gasteiger partial charge is 0.196 e. The Balaban J connectivity index is 1.70. The van der Waals surface area contributed by atoms with Crippen molar-refractivity contribution < 1.29 is 13.6 Å². The van der Waals surface area contributed by atoms with Crippen molar-refractivity contribution in [1.82, 2.24) is 5.32 Å². The van der Waals surface area contributed by atoms with Crippen LogP contribution >= 0.6 is 0 Å². The molecule has 0 fully saturated rings. The Hall–Kier alpha value is -2.07. The first kappa shape index (κ1) is 15.8. The highest BCUT2D eigenvalue weighted by Crippen LogP contribution is 2.30. The van der Waals surface area contributed by atoms with Crippen molar-refractivity contribution in [2.24, 2.45) is 0 Å². The van der Waals surface area contributed by atoms with E-state index in [1.165, 1.54) is 0 Å². The van der Waals surface area contributed by atoms with E-state index in [4.69, 9.17) is 0 Å². The molecule has 1 N–H and O–H groups in total. The van der Waals surface area contributed by atoms with Gasteiger partial charge in [0.25, 0.3) is 0 Å². The fraction of sp³-hybridized carbons (Fsp3) is 0.316. The van der Waals surface area contributed by atoms with Gasteiger partial charge in [-0.3, -0.25) is 4.79 Å². The SMILES string of the molecule is O=C(c1ccccc1)C(F)CC(F)C1NCCc2ccccc21. The molecular formula is C19H19F2NO. The molecule has 2 aromatic rings. The second-order valence-corrected chi connectivity index (χ2v) is 5.83. The van der Waals surface area contributed by atoms with Crippen LogP contribution in [-0.2, 0) is 6.42 Å². The molecule has 0 saturated heterocycles. The predicted molar refractivity (Wildman–Crippen MR) is 86.1 cm³/mol. The summed E-state index contributed by atoms with van der Waals surface area (Å²) in [6.07, 6.45) is -2.87. The van der Waals surface area contributed by atoms with Crippen LogP contribution in [0, 0.1) is 0 Å². The number of hydrogen-bond donors (Lipinski definition) is 1. The summed E-state index contributed by atoms with van der Waals surface area (Å²) in [5, 5.41) is 3.11. The van der Waals surface area contributed by atoms with Gasteiger partial charge >= 0.3 is 0 Å². The van der Waals surface area contributed by atoms with Gasteiger partial charge in [-0.2, -0.15) is 0 Å². The molecule has 0 aromatic heterocycles. The average Bonchev–Trinajstić information content (AvgIpc) is 2.61. The van der Waals surface area contributed by atoms with Crippen molar-refractivity contribution in [3.05, 3.63) is 71.3 Å². The average molecular weight is 315 g/mol. The summed E-state index contributed by atoms with van der Waals surface area (Å²) in [6.45, 7) is 0.658. The zero-order valence-corrected chi connectivity index (χ0v) is 12.7. The number of benzene rings is 2. The lowest BCUT2D eigenvalue weighted by Crippen LogP contribution is -2.37. The Kier molecular flexibility index (Phi) is 4.82. The van der Waals surface area contributed by atoms with Crippen LogP contribution in [0.2, 0.25) is 0 Å². The summed E-state index contributed by atoms with van der Waals surface area (Å²) in [5.74, 6) is -0.655. The fourth-order valence-corrected chi connectivity index (χ4v) is 3.08. The van der Waals surface area contributed by atoms with Crippen LogP contribution in [0.4, 0.5) is 8.78 Å². The highest BCUT2D eigenvalue weighted by Gasteiger charge is 2.32. The first-order valence-corrected chi connectivity index (χ1v) is 7.85. The van der Waals surface area contributed by atoms with E-state index in [0.29, 0.717) is 6.54 Å². The predicted octanol–water partition coefficient (Wildman–Crippen LogP) is 3.82. The molecule has 1 aliphatic rings. The first-order valence-electron chi connectivity index (χ1n) is 7.85. The third-order valence-corrected chi connectivity index (χ3v) is 4.29. The summed E-state index contributed by atoms with van der Waals surface area (Å²) in [4.78, 5) is 12.0. The molecule has 4 heteroatoms. The molecule has 1 aliphatic heterocycles. The van der Waals surface area contributed by atoms with Crippen molar-refractivity contribution in [3.63, 3.8) is 0 Å². The van der Waals surface area contributed by atoms with Crippen LogP contribution < -0.4 is 5.32 Å². The lowest BCUT2D eigenvalue weighted by molar-refractivity contribution is 0.0816. The second kappa shape index (κ2) is 7.01. The van der Waals surface area contributed by atoms with E-state index in [2.05, 4.69) is 5.32 Å². The first-order chi connectivity index (χ1) is 11.2. The topological polar surface area (TPSA) is 29.1 Å². The number of nitrogens with one attached hydrogen (secondary N) is 1. The van der Waals surface area contributed by atoms with Gasteiger partial charge < -0.3 is 5.32 Å². The normalized spacial score (nSPS) is 19.7. The summed E-state index contributed by atoms with van der Waals surface area (Å²) >= 11 is 0. The molecule has 0 bridgehead atoms. The van der Waals surface area contributed by atoms with Crippen LogP contribution in [0.15, 0.2) is 54.6 Å². The largest absolute Gasteiger partial charge is 0.307 e. The van der Waals surface area contributed by atoms with E-state index in [-0.39, 0.29) is 5.56 Å². The monoisotopic (exact) mass is 315 g/mol. The van der Waals surface area contributed by atoms with Gasteiger partial charge in [-0.25, -0.2) is 8.78 Å². The number of carbonyl (C=O) groups excluding carboxylic acids is 1. The number of hydrogen-bond acceptors (Lipinski definition) is 2. The maximum atomic E-state index is 14.6. The van der Waals surface area contributed by atoms with Gasteiger partial charge in [0.05, 0.1) is 6.04 Å². The van der Waals surface area contributed by atoms with E-state index >= 15 is 0 Å². The fourth-order valence-electron chi connectivity index (χ4n) is 3.08. The molecule has 23 heavy (non-hydrogen) atoms. The molecule has 3 unspecified atom stereocenters. The van der Waals surface area contributed by atoms with Crippen molar-refractivity contribution >= 4 is 5.78 Å². The van der Waals surface area contributed by atoms with E-state index in [1.54, 1.807) is 30.3 Å². The van der Waals surface area contributed by atoms with E-state index < -0.39 is 30.6 Å². The molecule has 2 aromatic carbocycles. The molecule has 0 aliphatic carbocycles. The Labute approximate surface area is 134 Å². The van der Waals surface area contributed by atoms with Gasteiger partial charge in [0, 0.05) is 12.0 Å². The molecule has 0 radical (unpaired) electrons. The maximum Gasteiger partial charge on any atom is 0.196 e. The Bertz CT molecular complexity index is 674. The van der Waals surface area contributed by atoms with Crippen molar-refractivity contribution in [2.75, 3.05) is 6.54 Å². The minimum Gasteiger partial charge on any atom is -0.307 e. The van der Waals surface area contributed by atoms with Gasteiger partial charge in [0.15, 0.2) is 12.0 Å². The van der Waals surface area contributed by atoms with Crippen molar-refractivity contribution in [2.45, 2.75) is 31.2 Å². The number of carbonyl (C=O) groups is 1. The molecule has 120 valence electrons. The van der Waals surface area contributed by atoms with Gasteiger partial charge in [-0.1, -0.05) is 54.6 Å². The highest BCUT2D eigenvalue weighted by atomic mass is 19.1. The summed E-state index contributed by atoms with van der Waals surface area (Å²) in [5.41, 5.74) is 2.23. The van der Waals surface area contributed by atoms with E-state index in [1.807, 2.05) is 24.3 Å². The third kappa shape index (κ3) is 3.48. The highest BCUT2D eigenvalue weighted by molar-refractivity contribution is 5.99. The Morgan fingerprint density at radius 2 is 1.78 bits per heavy atom. The molecule has 1 heterocycles. The van der Waals surface area contributed by atoms with Crippen LogP contribution in [-0.4, -0.2) is 24.7 Å². The summed E-state index contributed by atoms with van der Waals surface area (Å²) < 4.78 is 28.9. The number of halogens is 2. The van der Waals surface area contributed by atoms with Gasteiger partial charge in [0.1, 0.15) is 6.17 Å². The second-order valence-electron chi connectivity index (χ2n) is 5.83. The third-order valence-electron chi connectivity index (χ3n) is 4.29. The number of ketones is 1. The van der Waals surface area contributed by atoms with E-state index in [0.717, 1.165) is 17.5 Å². The molecule has 0 saturated carbocycles. The van der Waals surface area contributed by atoms with Crippen LogP contribution in [0.25, 0.3) is 0 Å². The van der Waals surface area contributed by atoms with Gasteiger partial charge in [0.2, 0.25) is 0 Å². The molecule has 3 rings (SSSR count). The zero-order valence-electron chi connectivity index (χ0n) is 12.7. The van der Waals surface area contributed by atoms with Crippen LogP contribution in [0.5, 0.6) is 0 Å². The van der Waals surface area contributed by atoms with Gasteiger partial charge in [-0.15, -0.1) is 0 Å². The number of rotatable bonds is 5. The number of fused-ring (bicyclic) bond motifs is 1. The van der Waals surface area contributed by atoms with Crippen LogP contribution in [0.3, 0.4) is 0 Å². The van der Waals surface area contributed by atoms with Crippen molar-refractivity contribution in [1.29, 1.82) is 0 Å². The van der Waals surface area contributed by atoms with Crippen molar-refractivity contribution in [3.8, 4) is 0 Å². The lowest BCUT2D eigenvalue weighted by Gasteiger charge is -2.29. The minimum atomic E-state index is -1.83.